The number of carboxylic acid groups (broad SMARTS) is 1. The van der Waals surface area contributed by atoms with Gasteiger partial charge in [0.15, 0.2) is 5.82 Å². The number of anilines is 1. The molecule has 2 aliphatic rings. The van der Waals surface area contributed by atoms with Gasteiger partial charge in [-0.1, -0.05) is 19.0 Å². The average Bonchev–Trinajstić information content (AvgIpc) is 3.06. The summed E-state index contributed by atoms with van der Waals surface area (Å²) in [6.45, 7) is 12.8. The van der Waals surface area contributed by atoms with Crippen LogP contribution in [-0.2, 0) is 14.9 Å². The molecule has 3 rings (SSSR count). The van der Waals surface area contributed by atoms with Crippen molar-refractivity contribution < 1.29 is 24.0 Å². The van der Waals surface area contributed by atoms with Crippen molar-refractivity contribution in [2.75, 3.05) is 31.1 Å². The quantitative estimate of drug-likeness (QED) is 0.744. The molecule has 2 saturated heterocycles. The molecular formula is C22H35N3O5. The molecule has 0 aliphatic carbocycles. The number of carbonyl (C=O) groups is 2. The Labute approximate surface area is 178 Å². The number of amides is 1. The number of nitrogens with zero attached hydrogens (tertiary/aromatic N) is 3. The number of piperidine rings is 1. The predicted molar refractivity (Wildman–Crippen MR) is 113 cm³/mol. The van der Waals surface area contributed by atoms with Gasteiger partial charge in [-0.3, -0.25) is 4.79 Å². The van der Waals surface area contributed by atoms with E-state index in [2.05, 4.69) is 10.1 Å². The Balaban J connectivity index is 1.41. The second-order valence-electron chi connectivity index (χ2n) is 10.4. The van der Waals surface area contributed by atoms with Gasteiger partial charge >= 0.3 is 12.1 Å². The van der Waals surface area contributed by atoms with E-state index in [0.29, 0.717) is 17.6 Å². The lowest BCUT2D eigenvalue weighted by Gasteiger charge is -2.42. The monoisotopic (exact) mass is 421 g/mol. The van der Waals surface area contributed by atoms with Gasteiger partial charge in [-0.15, -0.1) is 0 Å². The Morgan fingerprint density at radius 2 is 1.80 bits per heavy atom. The molecule has 0 unspecified atom stereocenters. The lowest BCUT2D eigenvalue weighted by molar-refractivity contribution is -0.138. The zero-order valence-electron chi connectivity index (χ0n) is 18.8. The summed E-state index contributed by atoms with van der Waals surface area (Å²) >= 11 is 0. The number of hydrogen-bond donors (Lipinski definition) is 1. The van der Waals surface area contributed by atoms with E-state index in [-0.39, 0.29) is 12.5 Å². The molecule has 0 aromatic carbocycles. The first-order valence-corrected chi connectivity index (χ1v) is 10.8. The molecule has 1 amide bonds. The highest BCUT2D eigenvalue weighted by Crippen LogP contribution is 2.35. The van der Waals surface area contributed by atoms with Crippen LogP contribution in [0.15, 0.2) is 10.6 Å². The van der Waals surface area contributed by atoms with E-state index in [1.165, 1.54) is 0 Å². The fourth-order valence-corrected chi connectivity index (χ4v) is 4.25. The lowest BCUT2D eigenvalue weighted by atomic mass is 9.83. The number of aromatic nitrogens is 1. The maximum absolute atomic E-state index is 12.2. The Hall–Kier alpha value is -2.25. The molecule has 30 heavy (non-hydrogen) atoms. The van der Waals surface area contributed by atoms with E-state index in [0.717, 1.165) is 51.3 Å². The Bertz CT molecular complexity index is 753. The van der Waals surface area contributed by atoms with Crippen LogP contribution in [0.25, 0.3) is 0 Å². The highest BCUT2D eigenvalue weighted by atomic mass is 16.6. The molecule has 8 nitrogen and oxygen atoms in total. The predicted octanol–water partition coefficient (Wildman–Crippen LogP) is 3.90. The minimum Gasteiger partial charge on any atom is -0.481 e. The normalized spacial score (nSPS) is 19.0. The molecule has 1 aromatic rings. The molecule has 2 fully saturated rings. The van der Waals surface area contributed by atoms with Gasteiger partial charge in [-0.25, -0.2) is 4.79 Å². The van der Waals surface area contributed by atoms with Gasteiger partial charge < -0.3 is 24.2 Å². The standard InChI is InChI=1S/C22H35N3O5/c1-21(2,3)29-20(28)24-8-6-15(7-9-24)10-16-13-25(14-16)18-11-17(30-23-18)22(4,5)12-19(26)27/h11,15-16H,6-10,12-14H2,1-5H3,(H,26,27). The third kappa shape index (κ3) is 5.67. The van der Waals surface area contributed by atoms with Crippen molar-refractivity contribution in [2.24, 2.45) is 11.8 Å². The summed E-state index contributed by atoms with van der Waals surface area (Å²) in [5, 5.41) is 13.2. The Morgan fingerprint density at radius 3 is 2.37 bits per heavy atom. The molecule has 3 heterocycles. The second-order valence-corrected chi connectivity index (χ2v) is 10.4. The summed E-state index contributed by atoms with van der Waals surface area (Å²) in [6.07, 6.45) is 3.00. The molecule has 2 aliphatic heterocycles. The molecule has 8 heteroatoms. The third-order valence-corrected chi connectivity index (χ3v) is 5.97. The van der Waals surface area contributed by atoms with E-state index in [1.807, 2.05) is 45.6 Å². The first kappa shape index (κ1) is 22.4. The lowest BCUT2D eigenvalue weighted by Crippen LogP contribution is -2.48. The van der Waals surface area contributed by atoms with Crippen LogP contribution in [0.1, 0.15) is 66.1 Å². The van der Waals surface area contributed by atoms with Crippen LogP contribution in [0.3, 0.4) is 0 Å². The number of rotatable bonds is 6. The number of carboxylic acids is 1. The number of aliphatic carboxylic acids is 1. The van der Waals surface area contributed by atoms with Crippen LogP contribution >= 0.6 is 0 Å². The molecule has 1 N–H and O–H groups in total. The maximum Gasteiger partial charge on any atom is 0.410 e. The summed E-state index contributed by atoms with van der Waals surface area (Å²) in [7, 11) is 0. The van der Waals surface area contributed by atoms with Crippen molar-refractivity contribution in [3.05, 3.63) is 11.8 Å². The van der Waals surface area contributed by atoms with Crippen LogP contribution in [0, 0.1) is 11.8 Å². The molecule has 168 valence electrons. The van der Waals surface area contributed by atoms with Crippen LogP contribution in [0.4, 0.5) is 10.6 Å². The Kier molecular flexibility index (Phi) is 6.34. The summed E-state index contributed by atoms with van der Waals surface area (Å²) in [5.74, 6) is 1.81. The largest absolute Gasteiger partial charge is 0.481 e. The SMILES string of the molecule is CC(C)(C)OC(=O)N1CCC(CC2CN(c3cc(C(C)(C)CC(=O)O)on3)C2)CC1. The van der Waals surface area contributed by atoms with Crippen molar-refractivity contribution in [2.45, 2.75) is 71.3 Å². The minimum atomic E-state index is -0.848. The highest BCUT2D eigenvalue weighted by molar-refractivity contribution is 5.69. The van der Waals surface area contributed by atoms with Gasteiger partial charge in [0.05, 0.1) is 6.42 Å². The molecule has 0 radical (unpaired) electrons. The maximum atomic E-state index is 12.2. The fourth-order valence-electron chi connectivity index (χ4n) is 4.25. The summed E-state index contributed by atoms with van der Waals surface area (Å²) < 4.78 is 10.9. The van der Waals surface area contributed by atoms with E-state index in [9.17, 15) is 9.59 Å². The molecule has 0 spiro atoms. The number of hydrogen-bond acceptors (Lipinski definition) is 6. The summed E-state index contributed by atoms with van der Waals surface area (Å²) in [6, 6.07) is 1.87. The number of ether oxygens (including phenoxy) is 1. The van der Waals surface area contributed by atoms with E-state index < -0.39 is 17.0 Å². The molecule has 1 aromatic heterocycles. The average molecular weight is 422 g/mol. The van der Waals surface area contributed by atoms with Gasteiger partial charge in [0.1, 0.15) is 11.4 Å². The molecule has 0 atom stereocenters. The van der Waals surface area contributed by atoms with Gasteiger partial charge in [0.2, 0.25) is 0 Å². The molecule has 0 bridgehead atoms. The highest BCUT2D eigenvalue weighted by Gasteiger charge is 2.35. The van der Waals surface area contributed by atoms with Gasteiger partial charge in [-0.2, -0.15) is 0 Å². The van der Waals surface area contributed by atoms with Gasteiger partial charge in [-0.05, 0) is 51.9 Å². The van der Waals surface area contributed by atoms with Crippen LogP contribution in [-0.4, -0.2) is 59.0 Å². The van der Waals surface area contributed by atoms with Crippen LogP contribution in [0.5, 0.6) is 0 Å². The number of likely N-dealkylation sites (tertiary alicyclic amines) is 1. The molecule has 0 saturated carbocycles. The van der Waals surface area contributed by atoms with Crippen molar-refractivity contribution in [1.82, 2.24) is 10.1 Å². The van der Waals surface area contributed by atoms with Gasteiger partial charge in [0, 0.05) is 37.7 Å². The zero-order chi connectivity index (χ0) is 22.1. The fraction of sp³-hybridized carbons (Fsp3) is 0.773. The second kappa shape index (κ2) is 8.47. The zero-order valence-corrected chi connectivity index (χ0v) is 18.8. The number of carbonyl (C=O) groups excluding carboxylic acids is 1. The topological polar surface area (TPSA) is 96.1 Å². The van der Waals surface area contributed by atoms with E-state index in [1.54, 1.807) is 0 Å². The summed E-state index contributed by atoms with van der Waals surface area (Å²) in [5.41, 5.74) is -1.03. The van der Waals surface area contributed by atoms with Crippen molar-refractivity contribution in [3.8, 4) is 0 Å². The van der Waals surface area contributed by atoms with Crippen LogP contribution < -0.4 is 4.90 Å². The van der Waals surface area contributed by atoms with Crippen molar-refractivity contribution in [3.63, 3.8) is 0 Å². The Morgan fingerprint density at radius 1 is 1.17 bits per heavy atom. The van der Waals surface area contributed by atoms with E-state index >= 15 is 0 Å². The first-order valence-electron chi connectivity index (χ1n) is 10.8. The molecular weight excluding hydrogens is 386 g/mol. The van der Waals surface area contributed by atoms with Crippen LogP contribution in [0.2, 0.25) is 0 Å². The smallest absolute Gasteiger partial charge is 0.410 e. The third-order valence-electron chi connectivity index (χ3n) is 5.97. The van der Waals surface area contributed by atoms with E-state index in [4.69, 9.17) is 14.4 Å². The van der Waals surface area contributed by atoms with Gasteiger partial charge in [0.25, 0.3) is 0 Å². The van der Waals surface area contributed by atoms with Crippen molar-refractivity contribution >= 4 is 17.9 Å². The first-order chi connectivity index (χ1) is 13.9. The minimum absolute atomic E-state index is 0.00620. The van der Waals surface area contributed by atoms with Crippen molar-refractivity contribution in [1.29, 1.82) is 0 Å². The summed E-state index contributed by atoms with van der Waals surface area (Å²) in [4.78, 5) is 27.2.